The Labute approximate surface area is 177 Å². The number of methoxy groups -OCH3 is 1. The molecule has 0 saturated carbocycles. The van der Waals surface area contributed by atoms with E-state index in [9.17, 15) is 19.2 Å². The summed E-state index contributed by atoms with van der Waals surface area (Å²) in [6, 6.07) is -1.47. The first-order valence-electron chi connectivity index (χ1n) is 10.4. The van der Waals surface area contributed by atoms with Gasteiger partial charge in [0.05, 0.1) is 12.0 Å². The molecule has 2 rings (SSSR count). The van der Waals surface area contributed by atoms with Crippen molar-refractivity contribution in [1.29, 1.82) is 0 Å². The van der Waals surface area contributed by atoms with Crippen LogP contribution in [-0.2, 0) is 33.4 Å². The predicted octanol–water partition coefficient (Wildman–Crippen LogP) is 0.816. The average molecular weight is 424 g/mol. The molecule has 1 saturated heterocycles. The fourth-order valence-electron chi connectivity index (χ4n) is 3.45. The summed E-state index contributed by atoms with van der Waals surface area (Å²) in [6.07, 6.45) is 4.61. The monoisotopic (exact) mass is 424 g/mol. The van der Waals surface area contributed by atoms with Gasteiger partial charge in [0.2, 0.25) is 11.8 Å². The quantitative estimate of drug-likeness (QED) is 0.490. The zero-order valence-corrected chi connectivity index (χ0v) is 18.1. The maximum absolute atomic E-state index is 12.6. The van der Waals surface area contributed by atoms with Crippen molar-refractivity contribution in [2.24, 2.45) is 11.8 Å². The minimum Gasteiger partial charge on any atom is -0.463 e. The first-order chi connectivity index (χ1) is 14.2. The number of hydrogen-bond donors (Lipinski definition) is 1. The van der Waals surface area contributed by atoms with Gasteiger partial charge in [-0.05, 0) is 19.8 Å². The van der Waals surface area contributed by atoms with Crippen LogP contribution in [0, 0.1) is 11.8 Å². The van der Waals surface area contributed by atoms with Gasteiger partial charge in [0.15, 0.2) is 0 Å². The Balaban J connectivity index is 2.17. The fraction of sp³-hybridized carbons (Fsp3) is 0.714. The van der Waals surface area contributed by atoms with Gasteiger partial charge in [-0.3, -0.25) is 9.59 Å². The Kier molecular flexibility index (Phi) is 8.83. The molecule has 2 heterocycles. The molecule has 1 N–H and O–H groups in total. The van der Waals surface area contributed by atoms with Gasteiger partial charge in [0.25, 0.3) is 0 Å². The van der Waals surface area contributed by atoms with Gasteiger partial charge in [-0.2, -0.15) is 0 Å². The molecule has 0 unspecified atom stereocenters. The van der Waals surface area contributed by atoms with E-state index in [1.54, 1.807) is 17.9 Å². The standard InChI is InChI=1S/C21H32N2O7/c1-13-7-5-9-18(24)23-10-6-8-16(23)21(27)29-11-14(2)19(25)22-15(3)20(26)30-12-17(13)28-4/h5,7,13-17H,6,8-12H2,1-4H3,(H,22,25)/b7-5-/t13-,14+,15+,16-,17+/m1/s1. The number of cyclic esters (lactones) is 2. The van der Waals surface area contributed by atoms with Gasteiger partial charge < -0.3 is 24.4 Å². The Morgan fingerprint density at radius 3 is 2.47 bits per heavy atom. The number of hydrogen-bond acceptors (Lipinski definition) is 7. The number of fused-ring (bicyclic) bond motifs is 1. The van der Waals surface area contributed by atoms with Crippen LogP contribution in [-0.4, -0.2) is 73.7 Å². The highest BCUT2D eigenvalue weighted by Crippen LogP contribution is 2.20. The lowest BCUT2D eigenvalue weighted by molar-refractivity contribution is -0.156. The van der Waals surface area contributed by atoms with Gasteiger partial charge in [-0.25, -0.2) is 9.59 Å². The lowest BCUT2D eigenvalue weighted by Crippen LogP contribution is -2.45. The maximum Gasteiger partial charge on any atom is 0.328 e. The normalized spacial score (nSPS) is 33.6. The van der Waals surface area contributed by atoms with E-state index < -0.39 is 42.0 Å². The Hall–Kier alpha value is -2.42. The molecule has 168 valence electrons. The molecule has 2 aliphatic rings. The van der Waals surface area contributed by atoms with E-state index in [0.29, 0.717) is 13.0 Å². The van der Waals surface area contributed by atoms with Gasteiger partial charge >= 0.3 is 11.9 Å². The predicted molar refractivity (Wildman–Crippen MR) is 107 cm³/mol. The zero-order valence-electron chi connectivity index (χ0n) is 18.1. The van der Waals surface area contributed by atoms with Crippen LogP contribution in [0.4, 0.5) is 0 Å². The minimum atomic E-state index is -0.846. The summed E-state index contributed by atoms with van der Waals surface area (Å²) in [5.41, 5.74) is 0. The highest BCUT2D eigenvalue weighted by atomic mass is 16.6. The van der Waals surface area contributed by atoms with Crippen LogP contribution in [0.2, 0.25) is 0 Å². The van der Waals surface area contributed by atoms with E-state index in [1.165, 1.54) is 14.0 Å². The molecule has 0 aromatic rings. The van der Waals surface area contributed by atoms with E-state index in [-0.39, 0.29) is 31.5 Å². The highest BCUT2D eigenvalue weighted by molar-refractivity contribution is 5.87. The minimum absolute atomic E-state index is 0.0242. The van der Waals surface area contributed by atoms with Crippen molar-refractivity contribution in [2.45, 2.75) is 58.2 Å². The second-order valence-electron chi connectivity index (χ2n) is 7.90. The summed E-state index contributed by atoms with van der Waals surface area (Å²) in [6.45, 7) is 5.43. The van der Waals surface area contributed by atoms with Crippen LogP contribution < -0.4 is 5.32 Å². The second kappa shape index (κ2) is 11.1. The van der Waals surface area contributed by atoms with E-state index in [4.69, 9.17) is 14.2 Å². The molecular formula is C21H32N2O7. The van der Waals surface area contributed by atoms with E-state index in [0.717, 1.165) is 6.42 Å². The summed E-state index contributed by atoms with van der Waals surface area (Å²) in [7, 11) is 1.52. The molecule has 0 aromatic carbocycles. The maximum atomic E-state index is 12.6. The van der Waals surface area contributed by atoms with Crippen molar-refractivity contribution in [1.82, 2.24) is 10.2 Å². The number of rotatable bonds is 1. The van der Waals surface area contributed by atoms with Gasteiger partial charge in [0.1, 0.15) is 25.3 Å². The molecule has 0 spiro atoms. The number of carbonyl (C=O) groups is 4. The van der Waals surface area contributed by atoms with Crippen molar-refractivity contribution in [3.63, 3.8) is 0 Å². The van der Waals surface area contributed by atoms with Crippen LogP contribution in [0.25, 0.3) is 0 Å². The fourth-order valence-corrected chi connectivity index (χ4v) is 3.45. The van der Waals surface area contributed by atoms with Crippen molar-refractivity contribution in [3.05, 3.63) is 12.2 Å². The third-order valence-electron chi connectivity index (χ3n) is 5.49. The molecule has 2 amide bonds. The van der Waals surface area contributed by atoms with Crippen LogP contribution in [0.5, 0.6) is 0 Å². The van der Waals surface area contributed by atoms with Crippen LogP contribution in [0.3, 0.4) is 0 Å². The molecule has 0 aromatic heterocycles. The number of nitrogens with one attached hydrogen (secondary N) is 1. The Morgan fingerprint density at radius 2 is 1.77 bits per heavy atom. The van der Waals surface area contributed by atoms with Crippen LogP contribution in [0.1, 0.15) is 40.0 Å². The number of amides is 2. The molecule has 0 aliphatic carbocycles. The number of esters is 2. The summed E-state index contributed by atoms with van der Waals surface area (Å²) < 4.78 is 16.0. The lowest BCUT2D eigenvalue weighted by Gasteiger charge is -2.24. The van der Waals surface area contributed by atoms with Gasteiger partial charge in [-0.15, -0.1) is 0 Å². The molecule has 2 aliphatic heterocycles. The molecule has 30 heavy (non-hydrogen) atoms. The first kappa shape index (κ1) is 23.9. The summed E-state index contributed by atoms with van der Waals surface area (Å²) in [5.74, 6) is -2.43. The summed E-state index contributed by atoms with van der Waals surface area (Å²) in [4.78, 5) is 51.1. The molecule has 0 radical (unpaired) electrons. The molecule has 1 fully saturated rings. The molecule has 9 nitrogen and oxygen atoms in total. The Morgan fingerprint density at radius 1 is 1.07 bits per heavy atom. The summed E-state index contributed by atoms with van der Waals surface area (Å²) in [5, 5.41) is 2.57. The van der Waals surface area contributed by atoms with E-state index in [2.05, 4.69) is 5.32 Å². The zero-order chi connectivity index (χ0) is 22.3. The van der Waals surface area contributed by atoms with Gasteiger partial charge in [0, 0.05) is 26.0 Å². The highest BCUT2D eigenvalue weighted by Gasteiger charge is 2.35. The average Bonchev–Trinajstić information content (AvgIpc) is 3.21. The largest absolute Gasteiger partial charge is 0.463 e. The Bertz CT molecular complexity index is 678. The van der Waals surface area contributed by atoms with Crippen molar-refractivity contribution in [3.8, 4) is 0 Å². The third-order valence-corrected chi connectivity index (χ3v) is 5.49. The van der Waals surface area contributed by atoms with E-state index >= 15 is 0 Å². The van der Waals surface area contributed by atoms with Gasteiger partial charge in [-0.1, -0.05) is 26.0 Å². The lowest BCUT2D eigenvalue weighted by atomic mass is 10.0. The summed E-state index contributed by atoms with van der Waals surface area (Å²) >= 11 is 0. The smallest absolute Gasteiger partial charge is 0.328 e. The molecular weight excluding hydrogens is 392 g/mol. The van der Waals surface area contributed by atoms with Crippen molar-refractivity contribution in [2.75, 3.05) is 26.9 Å². The second-order valence-corrected chi connectivity index (χ2v) is 7.90. The SMILES string of the molecule is CO[C@H]1COC(=O)[C@H](C)NC(=O)[C@@H](C)COC(=O)[C@H]2CCCN2C(=O)C/C=C\[C@H]1C. The first-order valence-corrected chi connectivity index (χ1v) is 10.4. The molecule has 5 atom stereocenters. The van der Waals surface area contributed by atoms with Crippen molar-refractivity contribution < 1.29 is 33.4 Å². The van der Waals surface area contributed by atoms with Crippen LogP contribution >= 0.6 is 0 Å². The van der Waals surface area contributed by atoms with Crippen molar-refractivity contribution >= 4 is 23.8 Å². The molecule has 9 heteroatoms. The van der Waals surface area contributed by atoms with Crippen LogP contribution in [0.15, 0.2) is 12.2 Å². The third kappa shape index (κ3) is 6.29. The molecule has 0 bridgehead atoms. The van der Waals surface area contributed by atoms with E-state index in [1.807, 2.05) is 13.0 Å². The topological polar surface area (TPSA) is 111 Å². The number of ether oxygens (including phenoxy) is 3. The number of nitrogens with zero attached hydrogens (tertiary/aromatic N) is 1. The number of carbonyl (C=O) groups excluding carboxylic acids is 4.